The van der Waals surface area contributed by atoms with E-state index in [1.165, 1.54) is 12.1 Å². The first kappa shape index (κ1) is 16.6. The summed E-state index contributed by atoms with van der Waals surface area (Å²) in [6.07, 6.45) is 1.58. The molecular formula is C17H13N3O4S. The molecule has 0 radical (unpaired) electrons. The molecule has 0 fully saturated rings. The fraction of sp³-hybridized carbons (Fsp3) is 0. The highest BCUT2D eigenvalue weighted by molar-refractivity contribution is 7.92. The van der Waals surface area contributed by atoms with Crippen LogP contribution in [0.15, 0.2) is 77.8 Å². The van der Waals surface area contributed by atoms with Crippen molar-refractivity contribution in [2.24, 2.45) is 0 Å². The molecular weight excluding hydrogens is 342 g/mol. The van der Waals surface area contributed by atoms with Crippen LogP contribution in [-0.4, -0.2) is 18.3 Å². The van der Waals surface area contributed by atoms with E-state index >= 15 is 0 Å². The molecule has 0 atom stereocenters. The van der Waals surface area contributed by atoms with Gasteiger partial charge in [0, 0.05) is 23.9 Å². The number of nitrogens with one attached hydrogen (secondary N) is 1. The lowest BCUT2D eigenvalue weighted by atomic mass is 10.1. The number of nitro benzene ring substituents is 1. The first-order valence-electron chi connectivity index (χ1n) is 7.25. The summed E-state index contributed by atoms with van der Waals surface area (Å²) in [5, 5.41) is 10.7. The number of nitrogens with zero attached hydrogens (tertiary/aromatic N) is 2. The van der Waals surface area contributed by atoms with E-state index in [9.17, 15) is 18.5 Å². The summed E-state index contributed by atoms with van der Waals surface area (Å²) in [7, 11) is -3.90. The van der Waals surface area contributed by atoms with Crippen LogP contribution >= 0.6 is 0 Å². The summed E-state index contributed by atoms with van der Waals surface area (Å²) in [5.41, 5.74) is 1.41. The Morgan fingerprint density at radius 2 is 1.60 bits per heavy atom. The topological polar surface area (TPSA) is 102 Å². The molecule has 3 aromatic rings. The van der Waals surface area contributed by atoms with Gasteiger partial charge in [0.25, 0.3) is 15.7 Å². The van der Waals surface area contributed by atoms with Crippen LogP contribution < -0.4 is 4.72 Å². The van der Waals surface area contributed by atoms with Crippen LogP contribution in [0.3, 0.4) is 0 Å². The molecule has 25 heavy (non-hydrogen) atoms. The van der Waals surface area contributed by atoms with Gasteiger partial charge in [-0.05, 0) is 24.3 Å². The summed E-state index contributed by atoms with van der Waals surface area (Å²) >= 11 is 0. The van der Waals surface area contributed by atoms with E-state index in [0.29, 0.717) is 11.4 Å². The van der Waals surface area contributed by atoms with Crippen LogP contribution in [0.5, 0.6) is 0 Å². The molecule has 2 aromatic carbocycles. The average molecular weight is 355 g/mol. The minimum Gasteiger partial charge on any atom is -0.277 e. The predicted molar refractivity (Wildman–Crippen MR) is 93.6 cm³/mol. The molecule has 0 aliphatic carbocycles. The minimum atomic E-state index is -3.90. The molecule has 0 aliphatic heterocycles. The third-order valence-electron chi connectivity index (χ3n) is 3.46. The molecule has 3 rings (SSSR count). The van der Waals surface area contributed by atoms with Crippen LogP contribution in [0.4, 0.5) is 11.4 Å². The zero-order valence-electron chi connectivity index (χ0n) is 12.9. The summed E-state index contributed by atoms with van der Waals surface area (Å²) < 4.78 is 27.6. The van der Waals surface area contributed by atoms with Crippen LogP contribution in [0, 0.1) is 10.1 Å². The Morgan fingerprint density at radius 3 is 2.24 bits per heavy atom. The minimum absolute atomic E-state index is 0.0686. The van der Waals surface area contributed by atoms with Crippen molar-refractivity contribution in [2.75, 3.05) is 4.72 Å². The van der Waals surface area contributed by atoms with Crippen LogP contribution in [0.2, 0.25) is 0 Å². The maximum absolute atomic E-state index is 12.6. The maximum atomic E-state index is 12.6. The Hall–Kier alpha value is -3.26. The first-order chi connectivity index (χ1) is 12.0. The van der Waals surface area contributed by atoms with E-state index in [1.54, 1.807) is 18.3 Å². The summed E-state index contributed by atoms with van der Waals surface area (Å²) in [6, 6.07) is 17.1. The number of aromatic nitrogens is 1. The van der Waals surface area contributed by atoms with Crippen molar-refractivity contribution >= 4 is 21.4 Å². The van der Waals surface area contributed by atoms with Gasteiger partial charge in [-0.15, -0.1) is 0 Å². The molecule has 0 amide bonds. The predicted octanol–water partition coefficient (Wildman–Crippen LogP) is 3.46. The van der Waals surface area contributed by atoms with E-state index in [4.69, 9.17) is 0 Å². The molecule has 0 saturated carbocycles. The van der Waals surface area contributed by atoms with Crippen LogP contribution in [0.25, 0.3) is 11.3 Å². The van der Waals surface area contributed by atoms with Crippen molar-refractivity contribution in [3.63, 3.8) is 0 Å². The number of sulfonamides is 1. The molecule has 1 N–H and O–H groups in total. The number of nitro groups is 1. The first-order valence-corrected chi connectivity index (χ1v) is 8.73. The maximum Gasteiger partial charge on any atom is 0.269 e. The Kier molecular flexibility index (Phi) is 4.44. The van der Waals surface area contributed by atoms with Gasteiger partial charge in [0.05, 0.1) is 21.2 Å². The monoisotopic (exact) mass is 355 g/mol. The lowest BCUT2D eigenvalue weighted by molar-refractivity contribution is -0.384. The van der Waals surface area contributed by atoms with Gasteiger partial charge >= 0.3 is 0 Å². The molecule has 0 spiro atoms. The van der Waals surface area contributed by atoms with Gasteiger partial charge in [0.1, 0.15) is 0 Å². The summed E-state index contributed by atoms with van der Waals surface area (Å²) in [4.78, 5) is 14.3. The number of hydrogen-bond donors (Lipinski definition) is 1. The fourth-order valence-corrected chi connectivity index (χ4v) is 3.33. The van der Waals surface area contributed by atoms with E-state index in [0.717, 1.165) is 17.7 Å². The van der Waals surface area contributed by atoms with Gasteiger partial charge in [0.15, 0.2) is 0 Å². The fourth-order valence-electron chi connectivity index (χ4n) is 2.26. The van der Waals surface area contributed by atoms with E-state index < -0.39 is 14.9 Å². The molecule has 0 saturated heterocycles. The number of hydrogen-bond acceptors (Lipinski definition) is 5. The lowest BCUT2D eigenvalue weighted by Crippen LogP contribution is -2.14. The molecule has 1 aromatic heterocycles. The van der Waals surface area contributed by atoms with Crippen molar-refractivity contribution in [3.05, 3.63) is 83.0 Å². The Bertz CT molecular complexity index is 1000. The van der Waals surface area contributed by atoms with Crippen LogP contribution in [-0.2, 0) is 10.0 Å². The van der Waals surface area contributed by atoms with Gasteiger partial charge in [-0.3, -0.25) is 19.8 Å². The van der Waals surface area contributed by atoms with E-state index in [1.807, 2.05) is 30.3 Å². The van der Waals surface area contributed by atoms with Crippen molar-refractivity contribution < 1.29 is 13.3 Å². The highest BCUT2D eigenvalue weighted by atomic mass is 32.2. The third kappa shape index (κ3) is 3.64. The molecule has 0 aliphatic rings. The third-order valence-corrected chi connectivity index (χ3v) is 4.84. The van der Waals surface area contributed by atoms with Crippen molar-refractivity contribution in [3.8, 4) is 11.3 Å². The molecule has 8 heteroatoms. The second-order valence-electron chi connectivity index (χ2n) is 5.12. The Balaban J connectivity index is 1.95. The van der Waals surface area contributed by atoms with Gasteiger partial charge in [-0.25, -0.2) is 8.42 Å². The Labute approximate surface area is 144 Å². The van der Waals surface area contributed by atoms with Crippen molar-refractivity contribution in [2.45, 2.75) is 4.90 Å². The second-order valence-corrected chi connectivity index (χ2v) is 6.80. The summed E-state index contributed by atoms with van der Waals surface area (Å²) in [6.45, 7) is 0. The summed E-state index contributed by atoms with van der Waals surface area (Å²) in [5.74, 6) is 0. The number of anilines is 1. The standard InChI is InChI=1S/C17H13N3O4S/c21-20(22)14-8-10-15(11-9-14)25(23,24)19-16-7-4-12-18-17(16)13-5-2-1-3-6-13/h1-12,19H. The molecule has 0 unspecified atom stereocenters. The zero-order valence-corrected chi connectivity index (χ0v) is 13.7. The Morgan fingerprint density at radius 1 is 0.920 bits per heavy atom. The lowest BCUT2D eigenvalue weighted by Gasteiger charge is -2.12. The van der Waals surface area contributed by atoms with Crippen molar-refractivity contribution in [1.82, 2.24) is 4.98 Å². The molecule has 7 nitrogen and oxygen atoms in total. The molecule has 126 valence electrons. The number of non-ortho nitro benzene ring substituents is 1. The van der Waals surface area contributed by atoms with Gasteiger partial charge in [0.2, 0.25) is 0 Å². The van der Waals surface area contributed by atoms with E-state index in [-0.39, 0.29) is 10.6 Å². The van der Waals surface area contributed by atoms with Gasteiger partial charge < -0.3 is 0 Å². The van der Waals surface area contributed by atoms with E-state index in [2.05, 4.69) is 9.71 Å². The van der Waals surface area contributed by atoms with Crippen molar-refractivity contribution in [1.29, 1.82) is 0 Å². The quantitative estimate of drug-likeness (QED) is 0.558. The molecule has 0 bridgehead atoms. The average Bonchev–Trinajstić information content (AvgIpc) is 2.63. The number of rotatable bonds is 5. The highest BCUT2D eigenvalue weighted by Gasteiger charge is 2.18. The van der Waals surface area contributed by atoms with Crippen LogP contribution in [0.1, 0.15) is 0 Å². The zero-order chi connectivity index (χ0) is 17.9. The number of benzene rings is 2. The highest BCUT2D eigenvalue weighted by Crippen LogP contribution is 2.27. The largest absolute Gasteiger partial charge is 0.277 e. The van der Waals surface area contributed by atoms with Gasteiger partial charge in [-0.2, -0.15) is 0 Å². The molecule has 1 heterocycles. The smallest absolute Gasteiger partial charge is 0.269 e. The number of pyridine rings is 1. The second kappa shape index (κ2) is 6.70. The SMILES string of the molecule is O=[N+]([O-])c1ccc(S(=O)(=O)Nc2cccnc2-c2ccccc2)cc1. The van der Waals surface area contributed by atoms with Gasteiger partial charge in [-0.1, -0.05) is 30.3 Å². The normalized spacial score (nSPS) is 11.0.